The lowest BCUT2D eigenvalue weighted by molar-refractivity contribution is -0.178. The molecular formula is C22H36N2O8. The van der Waals surface area contributed by atoms with Crippen LogP contribution in [0.3, 0.4) is 0 Å². The van der Waals surface area contributed by atoms with E-state index in [0.29, 0.717) is 25.7 Å². The number of ether oxygens (including phenoxy) is 2. The molecule has 0 heterocycles. The minimum absolute atomic E-state index is 0.133. The summed E-state index contributed by atoms with van der Waals surface area (Å²) in [5.74, 6) is -1.44. The van der Waals surface area contributed by atoms with Gasteiger partial charge >= 0.3 is 24.1 Å². The van der Waals surface area contributed by atoms with Gasteiger partial charge in [-0.15, -0.1) is 10.1 Å². The molecule has 2 amide bonds. The van der Waals surface area contributed by atoms with Gasteiger partial charge in [0.1, 0.15) is 0 Å². The van der Waals surface area contributed by atoms with Gasteiger partial charge in [0.25, 0.3) is 0 Å². The Balaban J connectivity index is 4.66. The van der Waals surface area contributed by atoms with Gasteiger partial charge in [0.2, 0.25) is 0 Å². The third-order valence-corrected chi connectivity index (χ3v) is 3.64. The molecule has 0 aliphatic carbocycles. The van der Waals surface area contributed by atoms with Crippen LogP contribution in [0.4, 0.5) is 9.59 Å². The fourth-order valence-electron chi connectivity index (χ4n) is 2.09. The molecule has 0 aliphatic heterocycles. The highest BCUT2D eigenvalue weighted by Crippen LogP contribution is 2.10. The fraction of sp³-hybridized carbons (Fsp3) is 0.636. The minimum atomic E-state index is -0.760. The number of unbranched alkanes of at least 4 members (excludes halogenated alkanes) is 3. The monoisotopic (exact) mass is 456 g/mol. The summed E-state index contributed by atoms with van der Waals surface area (Å²) in [7, 11) is 0. The molecule has 0 saturated carbocycles. The largest absolute Gasteiger partial charge is 0.445 e. The molecular weight excluding hydrogens is 420 g/mol. The molecule has 0 radical (unpaired) electrons. The molecule has 32 heavy (non-hydrogen) atoms. The van der Waals surface area contributed by atoms with E-state index in [1.54, 1.807) is 27.7 Å². The van der Waals surface area contributed by atoms with Crippen molar-refractivity contribution in [3.05, 3.63) is 24.3 Å². The summed E-state index contributed by atoms with van der Waals surface area (Å²) in [6.07, 6.45) is 0.0683. The first-order valence-corrected chi connectivity index (χ1v) is 10.6. The van der Waals surface area contributed by atoms with Gasteiger partial charge < -0.3 is 19.1 Å². The number of hydrogen-bond donors (Lipinski definition) is 0. The van der Waals surface area contributed by atoms with Crippen LogP contribution in [0, 0.1) is 0 Å². The Kier molecular flexibility index (Phi) is 13.5. The van der Waals surface area contributed by atoms with Crippen LogP contribution in [0.25, 0.3) is 0 Å². The van der Waals surface area contributed by atoms with E-state index >= 15 is 0 Å². The highest BCUT2D eigenvalue weighted by atomic mass is 16.8. The second kappa shape index (κ2) is 14.9. The topological polar surface area (TPSA) is 112 Å². The lowest BCUT2D eigenvalue weighted by Gasteiger charge is -2.22. The Morgan fingerprint density at radius 2 is 0.969 bits per heavy atom. The van der Waals surface area contributed by atoms with Gasteiger partial charge in [0.15, 0.2) is 0 Å². The normalized spacial score (nSPS) is 10.4. The number of carbonyl (C=O) groups excluding carboxylic acids is 4. The van der Waals surface area contributed by atoms with Crippen molar-refractivity contribution in [1.29, 1.82) is 0 Å². The first-order chi connectivity index (χ1) is 14.8. The second-order valence-corrected chi connectivity index (χ2v) is 7.80. The van der Waals surface area contributed by atoms with E-state index in [2.05, 4.69) is 13.2 Å². The molecule has 0 aromatic rings. The van der Waals surface area contributed by atoms with Gasteiger partial charge in [-0.05, 0) is 54.4 Å². The molecule has 0 N–H and O–H groups in total. The van der Waals surface area contributed by atoms with Gasteiger partial charge in [-0.3, -0.25) is 0 Å². The summed E-state index contributed by atoms with van der Waals surface area (Å²) in [6.45, 7) is 17.0. The van der Waals surface area contributed by atoms with Gasteiger partial charge in [0.05, 0.1) is 25.3 Å². The van der Waals surface area contributed by atoms with E-state index in [9.17, 15) is 19.2 Å². The summed E-state index contributed by atoms with van der Waals surface area (Å²) in [5.41, 5.74) is 0.315. The third-order valence-electron chi connectivity index (χ3n) is 3.64. The fourth-order valence-corrected chi connectivity index (χ4v) is 2.09. The zero-order chi connectivity index (χ0) is 24.8. The van der Waals surface area contributed by atoms with Crippen LogP contribution in [-0.2, 0) is 28.7 Å². The van der Waals surface area contributed by atoms with E-state index < -0.39 is 24.1 Å². The highest BCUT2D eigenvalue weighted by molar-refractivity contribution is 5.88. The number of hydroxylamine groups is 4. The molecule has 0 spiro atoms. The smallest absolute Gasteiger partial charge is 0.443 e. The van der Waals surface area contributed by atoms with Crippen molar-refractivity contribution in [2.24, 2.45) is 0 Å². The van der Waals surface area contributed by atoms with Crippen LogP contribution in [0.15, 0.2) is 24.3 Å². The van der Waals surface area contributed by atoms with E-state index in [4.69, 9.17) is 19.1 Å². The van der Waals surface area contributed by atoms with Crippen LogP contribution in [-0.4, -0.2) is 59.5 Å². The Bertz CT molecular complexity index is 629. The molecule has 0 unspecified atom stereocenters. The van der Waals surface area contributed by atoms with Crippen LogP contribution >= 0.6 is 0 Å². The number of amides is 2. The predicted octanol–water partition coefficient (Wildman–Crippen LogP) is 4.31. The minimum Gasteiger partial charge on any atom is -0.445 e. The van der Waals surface area contributed by atoms with Crippen LogP contribution < -0.4 is 0 Å². The molecule has 10 heteroatoms. The second-order valence-electron chi connectivity index (χ2n) is 7.80. The summed E-state index contributed by atoms with van der Waals surface area (Å²) < 4.78 is 10.2. The average Bonchev–Trinajstić information content (AvgIpc) is 2.66. The first kappa shape index (κ1) is 29.0. The van der Waals surface area contributed by atoms with Crippen LogP contribution in [0.1, 0.15) is 67.2 Å². The van der Waals surface area contributed by atoms with Crippen molar-refractivity contribution in [1.82, 2.24) is 10.1 Å². The molecule has 0 atom stereocenters. The molecule has 182 valence electrons. The Hall–Kier alpha value is -3.04. The van der Waals surface area contributed by atoms with Crippen molar-refractivity contribution in [2.45, 2.75) is 79.4 Å². The molecule has 0 aliphatic rings. The van der Waals surface area contributed by atoms with Crippen molar-refractivity contribution in [3.63, 3.8) is 0 Å². The van der Waals surface area contributed by atoms with Gasteiger partial charge in [-0.2, -0.15) is 0 Å². The van der Waals surface area contributed by atoms with Gasteiger partial charge in [0, 0.05) is 11.1 Å². The highest BCUT2D eigenvalue weighted by Gasteiger charge is 2.23. The number of rotatable bonds is 11. The number of nitrogens with zero attached hydrogens (tertiary/aromatic N) is 2. The zero-order valence-corrected chi connectivity index (χ0v) is 20.0. The lowest BCUT2D eigenvalue weighted by atomic mass is 10.2. The molecule has 0 rings (SSSR count). The number of carbonyl (C=O) groups is 4. The summed E-state index contributed by atoms with van der Waals surface area (Å²) >= 11 is 0. The third kappa shape index (κ3) is 12.6. The van der Waals surface area contributed by atoms with E-state index in [-0.39, 0.29) is 36.4 Å². The summed E-state index contributed by atoms with van der Waals surface area (Å²) in [4.78, 5) is 57.9. The SMILES string of the molecule is C=C(C)C(=O)ON(CCCCCCN(OC(=O)C(=C)C)C(=O)OC(C)C)C(=O)OC(C)C. The van der Waals surface area contributed by atoms with E-state index in [1.165, 1.54) is 13.8 Å². The molecule has 0 aromatic carbocycles. The maximum Gasteiger partial charge on any atom is 0.443 e. The average molecular weight is 457 g/mol. The van der Waals surface area contributed by atoms with Crippen LogP contribution in [0.2, 0.25) is 0 Å². The molecule has 0 fully saturated rings. The Morgan fingerprint density at radius 1 is 0.656 bits per heavy atom. The number of hydrogen-bond acceptors (Lipinski definition) is 8. The summed E-state index contributed by atoms with van der Waals surface area (Å²) in [5, 5.41) is 1.75. The maximum atomic E-state index is 12.1. The van der Waals surface area contributed by atoms with Crippen molar-refractivity contribution in [3.8, 4) is 0 Å². The Morgan fingerprint density at radius 3 is 1.22 bits per heavy atom. The quantitative estimate of drug-likeness (QED) is 0.257. The van der Waals surface area contributed by atoms with Crippen molar-refractivity contribution >= 4 is 24.1 Å². The van der Waals surface area contributed by atoms with Crippen LogP contribution in [0.5, 0.6) is 0 Å². The maximum absolute atomic E-state index is 12.1. The van der Waals surface area contributed by atoms with Gasteiger partial charge in [-0.25, -0.2) is 19.2 Å². The lowest BCUT2D eigenvalue weighted by Crippen LogP contribution is -2.36. The predicted molar refractivity (Wildman–Crippen MR) is 117 cm³/mol. The Labute approximate surface area is 190 Å². The van der Waals surface area contributed by atoms with Gasteiger partial charge in [-0.1, -0.05) is 26.0 Å². The summed E-state index contributed by atoms with van der Waals surface area (Å²) in [6, 6.07) is 0. The molecule has 10 nitrogen and oxygen atoms in total. The molecule has 0 bridgehead atoms. The van der Waals surface area contributed by atoms with E-state index in [0.717, 1.165) is 10.1 Å². The molecule has 0 aromatic heterocycles. The first-order valence-electron chi connectivity index (χ1n) is 10.6. The standard InChI is InChI=1S/C22H36N2O8/c1-15(2)19(25)31-23(21(27)29-17(5)6)13-11-9-10-12-14-24(22(28)30-18(7)8)32-20(26)16(3)4/h17-18H,1,3,9-14H2,2,4-8H3. The van der Waals surface area contributed by atoms with Crippen molar-refractivity contribution < 1.29 is 38.3 Å². The zero-order valence-electron chi connectivity index (χ0n) is 20.0. The van der Waals surface area contributed by atoms with E-state index in [1.807, 2.05) is 0 Å². The van der Waals surface area contributed by atoms with Crippen molar-refractivity contribution in [2.75, 3.05) is 13.1 Å². The molecule has 0 saturated heterocycles.